The van der Waals surface area contributed by atoms with E-state index in [1.54, 1.807) is 17.2 Å². The Morgan fingerprint density at radius 1 is 1.15 bits per heavy atom. The molecular formula is C20H21N3O3. The summed E-state index contributed by atoms with van der Waals surface area (Å²) in [7, 11) is 0. The molecule has 0 atom stereocenters. The molecule has 3 aromatic rings. The van der Waals surface area contributed by atoms with Crippen molar-refractivity contribution in [1.29, 1.82) is 0 Å². The Balaban J connectivity index is 1.75. The average Bonchev–Trinajstić information content (AvgIpc) is 3.06. The standard InChI is InChI=1S/C20H21N3O3/c1-14-2-4-15(5-3-14)19-17(13-24)23-12-16(6-7-18(23)21-19)20(25)22-8-10-26-11-9-22/h2-7,12,24H,8-11,13H2,1H3. The van der Waals surface area contributed by atoms with Crippen molar-refractivity contribution >= 4 is 11.6 Å². The molecule has 6 heteroatoms. The lowest BCUT2D eigenvalue weighted by Crippen LogP contribution is -2.40. The Morgan fingerprint density at radius 2 is 1.88 bits per heavy atom. The molecule has 4 rings (SSSR count). The van der Waals surface area contributed by atoms with Crippen LogP contribution in [-0.2, 0) is 11.3 Å². The Hall–Kier alpha value is -2.70. The van der Waals surface area contributed by atoms with E-state index in [1.807, 2.05) is 41.7 Å². The Kier molecular flexibility index (Phi) is 4.44. The van der Waals surface area contributed by atoms with Crippen LogP contribution < -0.4 is 0 Å². The van der Waals surface area contributed by atoms with Gasteiger partial charge in [-0.3, -0.25) is 4.79 Å². The minimum absolute atomic E-state index is 0.0234. The number of carbonyl (C=O) groups is 1. The number of amides is 1. The van der Waals surface area contributed by atoms with Gasteiger partial charge in [0, 0.05) is 24.8 Å². The van der Waals surface area contributed by atoms with Crippen LogP contribution in [0.15, 0.2) is 42.6 Å². The van der Waals surface area contributed by atoms with E-state index in [4.69, 9.17) is 4.74 Å². The number of carbonyl (C=O) groups excluding carboxylic acids is 1. The van der Waals surface area contributed by atoms with E-state index in [9.17, 15) is 9.90 Å². The molecule has 0 radical (unpaired) electrons. The zero-order valence-corrected chi connectivity index (χ0v) is 14.7. The van der Waals surface area contributed by atoms with Crippen LogP contribution in [0.5, 0.6) is 0 Å². The smallest absolute Gasteiger partial charge is 0.255 e. The second-order valence-corrected chi connectivity index (χ2v) is 6.48. The zero-order chi connectivity index (χ0) is 18.1. The number of aliphatic hydroxyl groups excluding tert-OH is 1. The lowest BCUT2D eigenvalue weighted by molar-refractivity contribution is 0.0302. The number of pyridine rings is 1. The van der Waals surface area contributed by atoms with E-state index in [-0.39, 0.29) is 12.5 Å². The Bertz CT molecular complexity index is 941. The predicted octanol–water partition coefficient (Wildman–Crippen LogP) is 2.27. The maximum Gasteiger partial charge on any atom is 0.255 e. The molecule has 1 fully saturated rings. The minimum atomic E-state index is -0.153. The highest BCUT2D eigenvalue weighted by molar-refractivity contribution is 5.94. The molecule has 134 valence electrons. The first kappa shape index (κ1) is 16.8. The van der Waals surface area contributed by atoms with Gasteiger partial charge < -0.3 is 19.1 Å². The van der Waals surface area contributed by atoms with E-state index in [0.717, 1.165) is 11.3 Å². The number of aliphatic hydroxyl groups is 1. The quantitative estimate of drug-likeness (QED) is 0.786. The van der Waals surface area contributed by atoms with Gasteiger partial charge in [0.1, 0.15) is 5.65 Å². The van der Waals surface area contributed by atoms with Crippen LogP contribution in [0.1, 0.15) is 21.6 Å². The normalized spacial score (nSPS) is 14.8. The molecule has 0 saturated carbocycles. The first-order valence-electron chi connectivity index (χ1n) is 8.73. The van der Waals surface area contributed by atoms with Crippen LogP contribution in [0, 0.1) is 6.92 Å². The predicted molar refractivity (Wildman–Crippen MR) is 98.0 cm³/mol. The number of fused-ring (bicyclic) bond motifs is 1. The number of ether oxygens (including phenoxy) is 1. The number of morpholine rings is 1. The van der Waals surface area contributed by atoms with Gasteiger partial charge in [0.15, 0.2) is 0 Å². The molecule has 1 aliphatic rings. The van der Waals surface area contributed by atoms with Crippen molar-refractivity contribution in [2.75, 3.05) is 26.3 Å². The fourth-order valence-corrected chi connectivity index (χ4v) is 3.26. The second-order valence-electron chi connectivity index (χ2n) is 6.48. The minimum Gasteiger partial charge on any atom is -0.390 e. The molecule has 2 aromatic heterocycles. The van der Waals surface area contributed by atoms with Crippen molar-refractivity contribution in [3.63, 3.8) is 0 Å². The SMILES string of the molecule is Cc1ccc(-c2nc3ccc(C(=O)N4CCOCC4)cn3c2CO)cc1. The van der Waals surface area contributed by atoms with Gasteiger partial charge >= 0.3 is 0 Å². The van der Waals surface area contributed by atoms with Crippen molar-refractivity contribution in [1.82, 2.24) is 14.3 Å². The number of hydrogen-bond donors (Lipinski definition) is 1. The summed E-state index contributed by atoms with van der Waals surface area (Å²) in [5.74, 6) is -0.0234. The van der Waals surface area contributed by atoms with Crippen LogP contribution in [0.2, 0.25) is 0 Å². The fraction of sp³-hybridized carbons (Fsp3) is 0.300. The third kappa shape index (κ3) is 2.98. The van der Waals surface area contributed by atoms with Gasteiger partial charge in [-0.05, 0) is 19.1 Å². The topological polar surface area (TPSA) is 67.1 Å². The summed E-state index contributed by atoms with van der Waals surface area (Å²) in [5.41, 5.74) is 4.83. The molecule has 1 saturated heterocycles. The largest absolute Gasteiger partial charge is 0.390 e. The summed E-state index contributed by atoms with van der Waals surface area (Å²) in [6.45, 7) is 4.21. The van der Waals surface area contributed by atoms with Crippen molar-refractivity contribution < 1.29 is 14.6 Å². The first-order chi connectivity index (χ1) is 12.7. The lowest BCUT2D eigenvalue weighted by Gasteiger charge is -2.26. The molecule has 3 heterocycles. The zero-order valence-electron chi connectivity index (χ0n) is 14.7. The van der Waals surface area contributed by atoms with Gasteiger partial charge in [0.25, 0.3) is 5.91 Å². The van der Waals surface area contributed by atoms with E-state index in [2.05, 4.69) is 4.98 Å². The van der Waals surface area contributed by atoms with Crippen molar-refractivity contribution in [2.24, 2.45) is 0 Å². The van der Waals surface area contributed by atoms with Gasteiger partial charge in [-0.2, -0.15) is 0 Å². The third-order valence-corrected chi connectivity index (χ3v) is 4.74. The number of benzene rings is 1. The fourth-order valence-electron chi connectivity index (χ4n) is 3.26. The highest BCUT2D eigenvalue weighted by atomic mass is 16.5. The molecule has 0 unspecified atom stereocenters. The summed E-state index contributed by atoms with van der Waals surface area (Å²) >= 11 is 0. The van der Waals surface area contributed by atoms with E-state index in [1.165, 1.54) is 5.56 Å². The van der Waals surface area contributed by atoms with Gasteiger partial charge in [-0.1, -0.05) is 29.8 Å². The van der Waals surface area contributed by atoms with Gasteiger partial charge in [0.05, 0.1) is 36.8 Å². The number of aromatic nitrogens is 2. The molecular weight excluding hydrogens is 330 g/mol. The molecule has 6 nitrogen and oxygen atoms in total. The highest BCUT2D eigenvalue weighted by Gasteiger charge is 2.20. The van der Waals surface area contributed by atoms with Crippen molar-refractivity contribution in [2.45, 2.75) is 13.5 Å². The number of aryl methyl sites for hydroxylation is 1. The Morgan fingerprint density at radius 3 is 2.58 bits per heavy atom. The first-order valence-corrected chi connectivity index (χ1v) is 8.73. The summed E-state index contributed by atoms with van der Waals surface area (Å²) < 4.78 is 7.12. The molecule has 0 aliphatic carbocycles. The molecule has 0 bridgehead atoms. The van der Waals surface area contributed by atoms with Gasteiger partial charge in [0.2, 0.25) is 0 Å². The summed E-state index contributed by atoms with van der Waals surface area (Å²) in [5, 5.41) is 9.93. The second kappa shape index (κ2) is 6.90. The summed E-state index contributed by atoms with van der Waals surface area (Å²) in [6.07, 6.45) is 1.77. The lowest BCUT2D eigenvalue weighted by atomic mass is 10.1. The molecule has 1 N–H and O–H groups in total. The molecule has 1 aliphatic heterocycles. The number of rotatable bonds is 3. The molecule has 26 heavy (non-hydrogen) atoms. The summed E-state index contributed by atoms with van der Waals surface area (Å²) in [6, 6.07) is 11.7. The third-order valence-electron chi connectivity index (χ3n) is 4.74. The monoisotopic (exact) mass is 351 g/mol. The summed E-state index contributed by atoms with van der Waals surface area (Å²) in [4.78, 5) is 19.2. The van der Waals surface area contributed by atoms with Crippen LogP contribution in [0.25, 0.3) is 16.9 Å². The average molecular weight is 351 g/mol. The van der Waals surface area contributed by atoms with Crippen LogP contribution in [-0.4, -0.2) is 51.6 Å². The van der Waals surface area contributed by atoms with Crippen molar-refractivity contribution in [3.05, 3.63) is 59.4 Å². The van der Waals surface area contributed by atoms with E-state index < -0.39 is 0 Å². The molecule has 1 amide bonds. The molecule has 0 spiro atoms. The van der Waals surface area contributed by atoms with Crippen LogP contribution in [0.3, 0.4) is 0 Å². The van der Waals surface area contributed by atoms with E-state index in [0.29, 0.717) is 43.2 Å². The number of hydrogen-bond acceptors (Lipinski definition) is 4. The maximum absolute atomic E-state index is 12.7. The number of imidazole rings is 1. The number of nitrogens with zero attached hydrogens (tertiary/aromatic N) is 3. The van der Waals surface area contributed by atoms with Gasteiger partial charge in [-0.15, -0.1) is 0 Å². The van der Waals surface area contributed by atoms with Crippen molar-refractivity contribution in [3.8, 4) is 11.3 Å². The van der Waals surface area contributed by atoms with Gasteiger partial charge in [-0.25, -0.2) is 4.98 Å². The van der Waals surface area contributed by atoms with E-state index >= 15 is 0 Å². The van der Waals surface area contributed by atoms with Crippen LogP contribution >= 0.6 is 0 Å². The Labute approximate surface area is 151 Å². The highest BCUT2D eigenvalue weighted by Crippen LogP contribution is 2.25. The van der Waals surface area contributed by atoms with Crippen LogP contribution in [0.4, 0.5) is 0 Å². The molecule has 1 aromatic carbocycles. The maximum atomic E-state index is 12.7.